The lowest BCUT2D eigenvalue weighted by molar-refractivity contribution is 0.328. The van der Waals surface area contributed by atoms with Crippen molar-refractivity contribution in [2.75, 3.05) is 13.1 Å². The summed E-state index contributed by atoms with van der Waals surface area (Å²) in [5, 5.41) is 0.852. The minimum absolute atomic E-state index is 0.345. The largest absolute Gasteiger partial charge is 0.330 e. The molecular formula is C15H25ClN2. The molecule has 2 atom stereocenters. The Morgan fingerprint density at radius 2 is 1.56 bits per heavy atom. The van der Waals surface area contributed by atoms with E-state index in [2.05, 4.69) is 39.8 Å². The molecule has 0 radical (unpaired) electrons. The fraction of sp³-hybridized carbons (Fsp3) is 0.600. The molecule has 0 saturated carbocycles. The molecule has 0 heterocycles. The van der Waals surface area contributed by atoms with E-state index in [1.807, 2.05) is 0 Å². The van der Waals surface area contributed by atoms with Crippen molar-refractivity contribution in [3.8, 4) is 0 Å². The summed E-state index contributed by atoms with van der Waals surface area (Å²) < 4.78 is 0. The summed E-state index contributed by atoms with van der Waals surface area (Å²) >= 11 is 6.37. The molecule has 1 rings (SSSR count). The van der Waals surface area contributed by atoms with E-state index in [1.165, 1.54) is 16.7 Å². The van der Waals surface area contributed by atoms with E-state index in [-0.39, 0.29) is 0 Å². The molecule has 4 N–H and O–H groups in total. The first-order chi connectivity index (χ1) is 8.42. The third kappa shape index (κ3) is 3.25. The third-order valence-electron chi connectivity index (χ3n) is 4.24. The van der Waals surface area contributed by atoms with Gasteiger partial charge in [-0.15, -0.1) is 0 Å². The van der Waals surface area contributed by atoms with Gasteiger partial charge in [-0.3, -0.25) is 0 Å². The lowest BCUT2D eigenvalue weighted by atomic mass is 9.79. The van der Waals surface area contributed by atoms with Crippen molar-refractivity contribution in [2.45, 2.75) is 33.6 Å². The Labute approximate surface area is 116 Å². The maximum absolute atomic E-state index is 6.37. The lowest BCUT2D eigenvalue weighted by Crippen LogP contribution is -2.31. The van der Waals surface area contributed by atoms with Crippen LogP contribution in [0.5, 0.6) is 0 Å². The summed E-state index contributed by atoms with van der Waals surface area (Å²) in [4.78, 5) is 0. The second-order valence-electron chi connectivity index (χ2n) is 5.34. The van der Waals surface area contributed by atoms with Gasteiger partial charge in [-0.2, -0.15) is 0 Å². The molecule has 0 aromatic heterocycles. The standard InChI is InChI=1S/C15H25ClN2/c1-9-5-14(15(16)6-10(9)2)12(4)11(3)13(7-17)8-18/h5-6,11-13H,7-8,17-18H2,1-4H3. The number of rotatable bonds is 5. The molecule has 1 aromatic rings. The number of aryl methyl sites for hydroxylation is 2. The molecular weight excluding hydrogens is 244 g/mol. The summed E-state index contributed by atoms with van der Waals surface area (Å²) in [5.74, 6) is 1.14. The molecule has 0 fully saturated rings. The second kappa shape index (κ2) is 6.55. The average molecular weight is 269 g/mol. The third-order valence-corrected chi connectivity index (χ3v) is 4.57. The first kappa shape index (κ1) is 15.5. The van der Waals surface area contributed by atoms with E-state index in [0.717, 1.165) is 5.02 Å². The maximum atomic E-state index is 6.37. The Kier molecular flexibility index (Phi) is 5.64. The zero-order chi connectivity index (χ0) is 13.9. The van der Waals surface area contributed by atoms with Gasteiger partial charge >= 0.3 is 0 Å². The summed E-state index contributed by atoms with van der Waals surface area (Å²) in [6.45, 7) is 9.88. The zero-order valence-electron chi connectivity index (χ0n) is 11.8. The quantitative estimate of drug-likeness (QED) is 0.861. The number of halogens is 1. The highest BCUT2D eigenvalue weighted by atomic mass is 35.5. The Morgan fingerprint density at radius 1 is 1.06 bits per heavy atom. The van der Waals surface area contributed by atoms with Gasteiger partial charge in [-0.1, -0.05) is 31.5 Å². The second-order valence-corrected chi connectivity index (χ2v) is 5.74. The lowest BCUT2D eigenvalue weighted by Gasteiger charge is -2.28. The van der Waals surface area contributed by atoms with E-state index in [1.54, 1.807) is 0 Å². The van der Waals surface area contributed by atoms with Gasteiger partial charge in [0, 0.05) is 5.02 Å². The smallest absolute Gasteiger partial charge is 0.0443 e. The van der Waals surface area contributed by atoms with Crippen LogP contribution in [0.4, 0.5) is 0 Å². The Balaban J connectivity index is 3.03. The predicted molar refractivity (Wildman–Crippen MR) is 80.1 cm³/mol. The minimum Gasteiger partial charge on any atom is -0.330 e. The van der Waals surface area contributed by atoms with Gasteiger partial charge < -0.3 is 11.5 Å². The van der Waals surface area contributed by atoms with Crippen LogP contribution in [0.3, 0.4) is 0 Å². The van der Waals surface area contributed by atoms with Crippen LogP contribution in [0.15, 0.2) is 12.1 Å². The number of benzene rings is 1. The van der Waals surface area contributed by atoms with Gasteiger partial charge in [-0.25, -0.2) is 0 Å². The predicted octanol–water partition coefficient (Wildman–Crippen LogP) is 3.23. The number of nitrogens with two attached hydrogens (primary N) is 2. The fourth-order valence-corrected chi connectivity index (χ4v) is 2.76. The molecule has 0 aliphatic heterocycles. The van der Waals surface area contributed by atoms with Crippen LogP contribution in [0.2, 0.25) is 5.02 Å². The molecule has 1 aromatic carbocycles. The van der Waals surface area contributed by atoms with E-state index >= 15 is 0 Å². The maximum Gasteiger partial charge on any atom is 0.0443 e. The van der Waals surface area contributed by atoms with Crippen LogP contribution in [0.25, 0.3) is 0 Å². The Hall–Kier alpha value is -0.570. The highest BCUT2D eigenvalue weighted by Gasteiger charge is 2.23. The first-order valence-corrected chi connectivity index (χ1v) is 6.96. The van der Waals surface area contributed by atoms with Gasteiger partial charge in [0.05, 0.1) is 0 Å². The summed E-state index contributed by atoms with van der Waals surface area (Å²) in [7, 11) is 0. The summed E-state index contributed by atoms with van der Waals surface area (Å²) in [5.41, 5.74) is 15.3. The molecule has 0 spiro atoms. The number of hydrogen-bond acceptors (Lipinski definition) is 2. The van der Waals surface area contributed by atoms with Crippen LogP contribution in [0, 0.1) is 25.7 Å². The van der Waals surface area contributed by atoms with Crippen molar-refractivity contribution >= 4 is 11.6 Å². The van der Waals surface area contributed by atoms with Crippen LogP contribution in [-0.2, 0) is 0 Å². The van der Waals surface area contributed by atoms with Crippen molar-refractivity contribution < 1.29 is 0 Å². The monoisotopic (exact) mass is 268 g/mol. The molecule has 2 nitrogen and oxygen atoms in total. The van der Waals surface area contributed by atoms with Crippen LogP contribution < -0.4 is 11.5 Å². The topological polar surface area (TPSA) is 52.0 Å². The van der Waals surface area contributed by atoms with Crippen molar-refractivity contribution in [1.29, 1.82) is 0 Å². The molecule has 18 heavy (non-hydrogen) atoms. The van der Waals surface area contributed by atoms with E-state index in [9.17, 15) is 0 Å². The Morgan fingerprint density at radius 3 is 2.06 bits per heavy atom. The van der Waals surface area contributed by atoms with Crippen molar-refractivity contribution in [1.82, 2.24) is 0 Å². The van der Waals surface area contributed by atoms with E-state index in [4.69, 9.17) is 23.1 Å². The molecule has 2 unspecified atom stereocenters. The molecule has 0 aliphatic rings. The zero-order valence-corrected chi connectivity index (χ0v) is 12.6. The first-order valence-electron chi connectivity index (χ1n) is 6.59. The van der Waals surface area contributed by atoms with Gasteiger partial charge in [0.15, 0.2) is 0 Å². The molecule has 3 heteroatoms. The SMILES string of the molecule is Cc1cc(Cl)c(C(C)C(C)C(CN)CN)cc1C. The highest BCUT2D eigenvalue weighted by molar-refractivity contribution is 6.31. The van der Waals surface area contributed by atoms with E-state index < -0.39 is 0 Å². The van der Waals surface area contributed by atoms with Gasteiger partial charge in [0.25, 0.3) is 0 Å². The summed E-state index contributed by atoms with van der Waals surface area (Å²) in [6.07, 6.45) is 0. The van der Waals surface area contributed by atoms with E-state index in [0.29, 0.717) is 30.8 Å². The van der Waals surface area contributed by atoms with Crippen molar-refractivity contribution in [3.63, 3.8) is 0 Å². The van der Waals surface area contributed by atoms with Crippen molar-refractivity contribution in [3.05, 3.63) is 33.8 Å². The fourth-order valence-electron chi connectivity index (χ4n) is 2.37. The van der Waals surface area contributed by atoms with Gasteiger partial charge in [-0.05, 0) is 67.4 Å². The van der Waals surface area contributed by atoms with Crippen LogP contribution >= 0.6 is 11.6 Å². The molecule has 0 aliphatic carbocycles. The van der Waals surface area contributed by atoms with Crippen LogP contribution in [-0.4, -0.2) is 13.1 Å². The minimum atomic E-state index is 0.345. The number of hydrogen-bond donors (Lipinski definition) is 2. The van der Waals surface area contributed by atoms with Gasteiger partial charge in [0.1, 0.15) is 0 Å². The normalized spacial score (nSPS) is 14.9. The van der Waals surface area contributed by atoms with Crippen LogP contribution in [0.1, 0.15) is 36.5 Å². The molecule has 0 amide bonds. The highest BCUT2D eigenvalue weighted by Crippen LogP contribution is 2.34. The Bertz CT molecular complexity index is 400. The molecule has 0 saturated heterocycles. The average Bonchev–Trinajstić information content (AvgIpc) is 2.34. The summed E-state index contributed by atoms with van der Waals surface area (Å²) in [6, 6.07) is 4.25. The molecule has 0 bridgehead atoms. The van der Waals surface area contributed by atoms with Gasteiger partial charge in [0.2, 0.25) is 0 Å². The molecule has 102 valence electrons. The van der Waals surface area contributed by atoms with Crippen molar-refractivity contribution in [2.24, 2.45) is 23.3 Å².